The molecule has 0 radical (unpaired) electrons. The zero-order valence-corrected chi connectivity index (χ0v) is 49.1. The number of aliphatic hydroxyl groups excluding tert-OH is 2. The maximum Gasteiger partial charge on any atom is 0.305 e. The van der Waals surface area contributed by atoms with Gasteiger partial charge in [0.1, 0.15) is 0 Å². The van der Waals surface area contributed by atoms with Crippen molar-refractivity contribution in [3.63, 3.8) is 0 Å². The standard InChI is InChI=1S/C67H127NO5/c1-3-5-7-9-11-13-15-17-19-21-23-24-25-26-27-28-31-35-39-43-47-51-55-59-65(70)64(63-69)68-66(71)60-56-52-48-44-40-36-32-30-34-38-42-46-50-54-58-62-73-67(72)61-57-53-49-45-41-37-33-29-22-20-18-16-14-12-10-8-6-4-2/h14,16,20,22,55,59,64-65,69-70H,3-13,15,17-19,21,23-54,56-58,60-63H2,1-2H3,(H,68,71)/b16-14-,22-20-,59-55+. The number of ether oxygens (including phenoxy) is 1. The number of amides is 1. The number of aliphatic hydroxyl groups is 2. The highest BCUT2D eigenvalue weighted by molar-refractivity contribution is 5.76. The Morgan fingerprint density at radius 3 is 1.05 bits per heavy atom. The van der Waals surface area contributed by atoms with E-state index in [2.05, 4.69) is 43.5 Å². The number of allylic oxidation sites excluding steroid dienone is 5. The third kappa shape index (κ3) is 59.2. The highest BCUT2D eigenvalue weighted by atomic mass is 16.5. The monoisotopic (exact) mass is 1030 g/mol. The van der Waals surface area contributed by atoms with Gasteiger partial charge in [0.25, 0.3) is 0 Å². The minimum Gasteiger partial charge on any atom is -0.466 e. The Balaban J connectivity index is 3.46. The first-order valence-corrected chi connectivity index (χ1v) is 32.8. The maximum atomic E-state index is 12.5. The van der Waals surface area contributed by atoms with Crippen LogP contribution in [-0.2, 0) is 14.3 Å². The van der Waals surface area contributed by atoms with Crippen LogP contribution in [0.4, 0.5) is 0 Å². The lowest BCUT2D eigenvalue weighted by Crippen LogP contribution is -2.45. The first kappa shape index (κ1) is 71.1. The Bertz CT molecular complexity index is 1180. The van der Waals surface area contributed by atoms with Gasteiger partial charge in [0.05, 0.1) is 25.4 Å². The zero-order chi connectivity index (χ0) is 52.9. The van der Waals surface area contributed by atoms with Crippen molar-refractivity contribution in [3.05, 3.63) is 36.5 Å². The van der Waals surface area contributed by atoms with Crippen LogP contribution in [-0.4, -0.2) is 47.4 Å². The summed E-state index contributed by atoms with van der Waals surface area (Å²) in [5.74, 6) is -0.0807. The minimum absolute atomic E-state index is 0.00712. The summed E-state index contributed by atoms with van der Waals surface area (Å²) in [6, 6.07) is -0.636. The quantitative estimate of drug-likeness (QED) is 0.0320. The Morgan fingerprint density at radius 2 is 0.685 bits per heavy atom. The minimum atomic E-state index is -0.852. The molecule has 1 amide bonds. The van der Waals surface area contributed by atoms with E-state index in [9.17, 15) is 19.8 Å². The summed E-state index contributed by atoms with van der Waals surface area (Å²) >= 11 is 0. The van der Waals surface area contributed by atoms with Crippen LogP contribution >= 0.6 is 0 Å². The zero-order valence-electron chi connectivity index (χ0n) is 49.1. The molecule has 0 aliphatic rings. The van der Waals surface area contributed by atoms with Gasteiger partial charge in [-0.15, -0.1) is 0 Å². The van der Waals surface area contributed by atoms with Crippen molar-refractivity contribution in [2.45, 2.75) is 366 Å². The Hall–Kier alpha value is -1.92. The van der Waals surface area contributed by atoms with Crippen LogP contribution in [0.25, 0.3) is 0 Å². The van der Waals surface area contributed by atoms with E-state index in [4.69, 9.17) is 4.74 Å². The van der Waals surface area contributed by atoms with Crippen LogP contribution in [0.1, 0.15) is 354 Å². The lowest BCUT2D eigenvalue weighted by Gasteiger charge is -2.20. The number of carbonyl (C=O) groups excluding carboxylic acids is 2. The fourth-order valence-corrected chi connectivity index (χ4v) is 10.1. The molecule has 0 spiro atoms. The number of carbonyl (C=O) groups is 2. The number of unbranched alkanes of at least 4 members (excludes halogenated alkanes) is 46. The summed E-state index contributed by atoms with van der Waals surface area (Å²) in [4.78, 5) is 24.6. The van der Waals surface area contributed by atoms with Gasteiger partial charge in [0, 0.05) is 12.8 Å². The van der Waals surface area contributed by atoms with Crippen molar-refractivity contribution in [1.82, 2.24) is 5.32 Å². The van der Waals surface area contributed by atoms with Crippen molar-refractivity contribution in [3.8, 4) is 0 Å². The van der Waals surface area contributed by atoms with E-state index in [1.165, 1.54) is 263 Å². The topological polar surface area (TPSA) is 95.9 Å². The molecule has 3 N–H and O–H groups in total. The van der Waals surface area contributed by atoms with Crippen molar-refractivity contribution in [2.24, 2.45) is 0 Å². The van der Waals surface area contributed by atoms with Crippen molar-refractivity contribution >= 4 is 11.9 Å². The van der Waals surface area contributed by atoms with Gasteiger partial charge in [0.15, 0.2) is 0 Å². The van der Waals surface area contributed by atoms with Crippen LogP contribution in [0.5, 0.6) is 0 Å². The number of rotatable bonds is 61. The van der Waals surface area contributed by atoms with E-state index in [0.717, 1.165) is 64.2 Å². The van der Waals surface area contributed by atoms with Crippen molar-refractivity contribution in [2.75, 3.05) is 13.2 Å². The van der Waals surface area contributed by atoms with E-state index in [1.807, 2.05) is 6.08 Å². The second-order valence-electron chi connectivity index (χ2n) is 22.5. The third-order valence-corrected chi connectivity index (χ3v) is 15.2. The number of hydrogen-bond acceptors (Lipinski definition) is 5. The van der Waals surface area contributed by atoms with Crippen LogP contribution in [0.3, 0.4) is 0 Å². The van der Waals surface area contributed by atoms with Gasteiger partial charge in [-0.1, -0.05) is 314 Å². The maximum absolute atomic E-state index is 12.5. The van der Waals surface area contributed by atoms with Crippen LogP contribution in [0, 0.1) is 0 Å². The van der Waals surface area contributed by atoms with Gasteiger partial charge in [0.2, 0.25) is 5.91 Å². The molecule has 0 aliphatic carbocycles. The predicted octanol–water partition coefficient (Wildman–Crippen LogP) is 20.8. The molecule has 0 bridgehead atoms. The number of hydrogen-bond donors (Lipinski definition) is 3. The van der Waals surface area contributed by atoms with Crippen LogP contribution in [0.2, 0.25) is 0 Å². The largest absolute Gasteiger partial charge is 0.466 e. The average Bonchev–Trinajstić information content (AvgIpc) is 3.39. The van der Waals surface area contributed by atoms with Crippen LogP contribution < -0.4 is 5.32 Å². The van der Waals surface area contributed by atoms with Gasteiger partial charge < -0.3 is 20.3 Å². The molecule has 0 aromatic carbocycles. The molecule has 0 saturated heterocycles. The fraction of sp³-hybridized carbons (Fsp3) is 0.881. The Labute approximate surface area is 455 Å². The SMILES string of the molecule is CCCCCC/C=C\C/C=C\CCCCCCCCCC(=O)OCCCCCCCCCCCCCCCCCC(=O)NC(CO)C(O)/C=C/CCCCCCCCCCCCCCCCCCCCCCC. The Kier molecular flexibility index (Phi) is 61.0. The van der Waals surface area contributed by atoms with E-state index in [-0.39, 0.29) is 18.5 Å². The average molecular weight is 1030 g/mol. The lowest BCUT2D eigenvalue weighted by atomic mass is 10.0. The molecule has 6 heteroatoms. The second kappa shape index (κ2) is 62.6. The smallest absolute Gasteiger partial charge is 0.305 e. The van der Waals surface area contributed by atoms with E-state index in [1.54, 1.807) is 6.08 Å². The van der Waals surface area contributed by atoms with Gasteiger partial charge in [-0.05, 0) is 64.2 Å². The summed E-state index contributed by atoms with van der Waals surface area (Å²) < 4.78 is 5.49. The summed E-state index contributed by atoms with van der Waals surface area (Å²) in [6.45, 7) is 4.89. The highest BCUT2D eigenvalue weighted by Crippen LogP contribution is 2.18. The predicted molar refractivity (Wildman–Crippen MR) is 319 cm³/mol. The molecule has 73 heavy (non-hydrogen) atoms. The van der Waals surface area contributed by atoms with Gasteiger partial charge in [-0.2, -0.15) is 0 Å². The molecule has 0 fully saturated rings. The molecule has 6 nitrogen and oxygen atoms in total. The molecule has 0 aliphatic heterocycles. The van der Waals surface area contributed by atoms with Gasteiger partial charge >= 0.3 is 5.97 Å². The Morgan fingerprint density at radius 1 is 0.384 bits per heavy atom. The van der Waals surface area contributed by atoms with Crippen molar-refractivity contribution in [1.29, 1.82) is 0 Å². The summed E-state index contributed by atoms with van der Waals surface area (Å²) in [5.41, 5.74) is 0. The number of nitrogens with one attached hydrogen (secondary N) is 1. The first-order chi connectivity index (χ1) is 36.0. The van der Waals surface area contributed by atoms with Crippen LogP contribution in [0.15, 0.2) is 36.5 Å². The normalized spacial score (nSPS) is 12.8. The van der Waals surface area contributed by atoms with E-state index >= 15 is 0 Å². The molecular formula is C67H127NO5. The van der Waals surface area contributed by atoms with Gasteiger partial charge in [-0.3, -0.25) is 9.59 Å². The fourth-order valence-electron chi connectivity index (χ4n) is 10.1. The molecule has 2 atom stereocenters. The van der Waals surface area contributed by atoms with E-state index < -0.39 is 12.1 Å². The highest BCUT2D eigenvalue weighted by Gasteiger charge is 2.18. The molecular weight excluding hydrogens is 899 g/mol. The first-order valence-electron chi connectivity index (χ1n) is 32.8. The molecule has 0 aromatic rings. The molecule has 0 rings (SSSR count). The van der Waals surface area contributed by atoms with Crippen molar-refractivity contribution < 1.29 is 24.5 Å². The molecule has 0 saturated carbocycles. The molecule has 2 unspecified atom stereocenters. The summed E-state index contributed by atoms with van der Waals surface area (Å²) in [5, 5.41) is 23.2. The number of esters is 1. The summed E-state index contributed by atoms with van der Waals surface area (Å²) in [6.07, 6.45) is 79.0. The molecule has 430 valence electrons. The molecule has 0 aromatic heterocycles. The lowest BCUT2D eigenvalue weighted by molar-refractivity contribution is -0.143. The second-order valence-corrected chi connectivity index (χ2v) is 22.5. The van der Waals surface area contributed by atoms with E-state index in [0.29, 0.717) is 19.4 Å². The van der Waals surface area contributed by atoms with Gasteiger partial charge in [-0.25, -0.2) is 0 Å². The molecule has 0 heterocycles. The summed E-state index contributed by atoms with van der Waals surface area (Å²) in [7, 11) is 0. The third-order valence-electron chi connectivity index (χ3n) is 15.2.